The van der Waals surface area contributed by atoms with Crippen molar-refractivity contribution in [3.05, 3.63) is 11.7 Å². The molecule has 0 bridgehead atoms. The van der Waals surface area contributed by atoms with Gasteiger partial charge in [-0.2, -0.15) is 16.7 Å². The topological polar surface area (TPSA) is 68.4 Å². The third kappa shape index (κ3) is 2.48. The Hall–Kier alpha value is -0.590. The van der Waals surface area contributed by atoms with Gasteiger partial charge in [0, 0.05) is 17.1 Å². The zero-order valence-corrected chi connectivity index (χ0v) is 10.4. The van der Waals surface area contributed by atoms with Gasteiger partial charge in [0.15, 0.2) is 5.82 Å². The summed E-state index contributed by atoms with van der Waals surface area (Å²) in [4.78, 5) is 4.37. The van der Waals surface area contributed by atoms with Crippen LogP contribution in [0.25, 0.3) is 0 Å². The summed E-state index contributed by atoms with van der Waals surface area (Å²) >= 11 is 1.72. The molecule has 1 saturated heterocycles. The van der Waals surface area contributed by atoms with Gasteiger partial charge in [0.05, 0.1) is 25.6 Å². The fraction of sp³-hybridized carbons (Fsp3) is 0.818. The maximum Gasteiger partial charge on any atom is 0.236 e. The van der Waals surface area contributed by atoms with Crippen molar-refractivity contribution >= 4 is 11.8 Å². The summed E-state index contributed by atoms with van der Waals surface area (Å²) in [6.45, 7) is 1.51. The highest BCUT2D eigenvalue weighted by molar-refractivity contribution is 7.98. The molecule has 17 heavy (non-hydrogen) atoms. The van der Waals surface area contributed by atoms with Gasteiger partial charge in [0.1, 0.15) is 0 Å². The van der Waals surface area contributed by atoms with Crippen molar-refractivity contribution in [3.63, 3.8) is 0 Å². The molecule has 2 aliphatic rings. The molecule has 1 saturated carbocycles. The Bertz CT molecular complexity index is 382. The molecule has 2 heterocycles. The highest BCUT2D eigenvalue weighted by Crippen LogP contribution is 2.38. The molecule has 1 aromatic heterocycles. The van der Waals surface area contributed by atoms with Crippen molar-refractivity contribution in [2.75, 3.05) is 25.6 Å². The largest absolute Gasteiger partial charge is 0.396 e. The van der Waals surface area contributed by atoms with E-state index in [0.29, 0.717) is 25.0 Å². The highest BCUT2D eigenvalue weighted by atomic mass is 32.2. The van der Waals surface area contributed by atoms with Gasteiger partial charge < -0.3 is 14.4 Å². The summed E-state index contributed by atoms with van der Waals surface area (Å²) < 4.78 is 10.3. The van der Waals surface area contributed by atoms with E-state index in [1.165, 1.54) is 12.8 Å². The fourth-order valence-corrected chi connectivity index (χ4v) is 2.88. The van der Waals surface area contributed by atoms with E-state index in [2.05, 4.69) is 10.1 Å². The average Bonchev–Trinajstić information content (AvgIpc) is 3.03. The lowest BCUT2D eigenvalue weighted by molar-refractivity contribution is -0.121. The summed E-state index contributed by atoms with van der Waals surface area (Å²) in [5, 5.41) is 13.2. The first kappa shape index (κ1) is 11.5. The van der Waals surface area contributed by atoms with Gasteiger partial charge in [-0.1, -0.05) is 5.16 Å². The molecule has 0 aromatic carbocycles. The van der Waals surface area contributed by atoms with Gasteiger partial charge in [-0.15, -0.1) is 0 Å². The molecule has 5 nitrogen and oxygen atoms in total. The maximum absolute atomic E-state index is 9.27. The van der Waals surface area contributed by atoms with Gasteiger partial charge in [-0.05, 0) is 12.8 Å². The number of rotatable bonds is 6. The van der Waals surface area contributed by atoms with Gasteiger partial charge in [0.2, 0.25) is 5.89 Å². The summed E-state index contributed by atoms with van der Waals surface area (Å²) in [5.41, 5.74) is -0.0377. The molecule has 0 amide bonds. The number of aliphatic hydroxyl groups is 1. The summed E-state index contributed by atoms with van der Waals surface area (Å²) in [7, 11) is 0. The number of aliphatic hydroxyl groups excluding tert-OH is 1. The van der Waals surface area contributed by atoms with E-state index in [4.69, 9.17) is 9.26 Å². The van der Waals surface area contributed by atoms with E-state index in [1.54, 1.807) is 11.8 Å². The Kier molecular flexibility index (Phi) is 3.10. The molecule has 0 atom stereocenters. The van der Waals surface area contributed by atoms with Gasteiger partial charge in [0.25, 0.3) is 0 Å². The highest BCUT2D eigenvalue weighted by Gasteiger charge is 2.38. The third-order valence-electron chi connectivity index (χ3n) is 3.21. The smallest absolute Gasteiger partial charge is 0.236 e. The Balaban J connectivity index is 1.46. The Labute approximate surface area is 104 Å². The number of hydrogen-bond acceptors (Lipinski definition) is 6. The molecule has 3 rings (SSSR count). The second-order valence-corrected chi connectivity index (χ2v) is 5.95. The van der Waals surface area contributed by atoms with Gasteiger partial charge in [-0.25, -0.2) is 0 Å². The zero-order valence-electron chi connectivity index (χ0n) is 9.59. The number of ether oxygens (including phenoxy) is 1. The molecular weight excluding hydrogens is 240 g/mol. The van der Waals surface area contributed by atoms with Crippen LogP contribution in [-0.2, 0) is 10.5 Å². The fourth-order valence-electron chi connectivity index (χ4n) is 1.80. The van der Waals surface area contributed by atoms with Gasteiger partial charge in [-0.3, -0.25) is 0 Å². The zero-order chi connectivity index (χ0) is 11.7. The van der Waals surface area contributed by atoms with Crippen molar-refractivity contribution in [3.8, 4) is 0 Å². The minimum atomic E-state index is -0.0377. The lowest BCUT2D eigenvalue weighted by Gasteiger charge is -2.39. The Morgan fingerprint density at radius 3 is 2.82 bits per heavy atom. The number of aromatic nitrogens is 2. The van der Waals surface area contributed by atoms with E-state index >= 15 is 0 Å². The van der Waals surface area contributed by atoms with Crippen molar-refractivity contribution in [1.29, 1.82) is 0 Å². The Morgan fingerprint density at radius 1 is 1.41 bits per heavy atom. The van der Waals surface area contributed by atoms with E-state index in [-0.39, 0.29) is 12.0 Å². The monoisotopic (exact) mass is 256 g/mol. The van der Waals surface area contributed by atoms with Crippen molar-refractivity contribution in [2.45, 2.75) is 24.5 Å². The maximum atomic E-state index is 9.27. The second kappa shape index (κ2) is 4.59. The van der Waals surface area contributed by atoms with Crippen LogP contribution >= 0.6 is 11.8 Å². The van der Waals surface area contributed by atoms with Crippen LogP contribution in [0.3, 0.4) is 0 Å². The minimum absolute atomic E-state index is 0.0377. The quantitative estimate of drug-likeness (QED) is 0.824. The first-order valence-corrected chi connectivity index (χ1v) is 7.06. The van der Waals surface area contributed by atoms with Crippen LogP contribution < -0.4 is 0 Å². The lowest BCUT2D eigenvalue weighted by atomic mass is 9.90. The van der Waals surface area contributed by atoms with Crippen LogP contribution in [0.1, 0.15) is 30.5 Å². The predicted octanol–water partition coefficient (Wildman–Crippen LogP) is 1.19. The van der Waals surface area contributed by atoms with Crippen LogP contribution in [0.2, 0.25) is 0 Å². The molecular formula is C11H16N2O3S. The molecule has 1 aliphatic heterocycles. The van der Waals surface area contributed by atoms with Crippen LogP contribution in [0.5, 0.6) is 0 Å². The number of thioether (sulfide) groups is 1. The first-order valence-electron chi connectivity index (χ1n) is 5.90. The van der Waals surface area contributed by atoms with E-state index in [1.807, 2.05) is 0 Å². The lowest BCUT2D eigenvalue weighted by Crippen LogP contribution is -2.47. The van der Waals surface area contributed by atoms with Crippen LogP contribution in [0.4, 0.5) is 0 Å². The molecule has 0 unspecified atom stereocenters. The van der Waals surface area contributed by atoms with Crippen molar-refractivity contribution in [2.24, 2.45) is 5.41 Å². The van der Waals surface area contributed by atoms with Crippen LogP contribution in [-0.4, -0.2) is 40.8 Å². The van der Waals surface area contributed by atoms with Crippen LogP contribution in [0, 0.1) is 5.41 Å². The molecule has 0 radical (unpaired) electrons. The Morgan fingerprint density at radius 2 is 2.24 bits per heavy atom. The molecule has 1 N–H and O–H groups in total. The molecule has 1 aromatic rings. The second-order valence-electron chi connectivity index (χ2n) is 4.96. The minimum Gasteiger partial charge on any atom is -0.396 e. The van der Waals surface area contributed by atoms with Crippen molar-refractivity contribution < 1.29 is 14.4 Å². The normalized spacial score (nSPS) is 22.4. The molecule has 1 aliphatic carbocycles. The number of nitrogens with zero attached hydrogens (tertiary/aromatic N) is 2. The van der Waals surface area contributed by atoms with E-state index in [9.17, 15) is 5.11 Å². The molecule has 94 valence electrons. The summed E-state index contributed by atoms with van der Waals surface area (Å²) in [6.07, 6.45) is 2.38. The van der Waals surface area contributed by atoms with Crippen LogP contribution in [0.15, 0.2) is 4.52 Å². The summed E-state index contributed by atoms with van der Waals surface area (Å²) in [6, 6.07) is 0. The SMILES string of the molecule is OCC1(CSCc2nc(C3CC3)no2)COC1. The molecule has 6 heteroatoms. The molecule has 2 fully saturated rings. The van der Waals surface area contributed by atoms with E-state index < -0.39 is 0 Å². The van der Waals surface area contributed by atoms with E-state index in [0.717, 1.165) is 17.3 Å². The molecule has 0 spiro atoms. The predicted molar refractivity (Wildman–Crippen MR) is 62.8 cm³/mol. The third-order valence-corrected chi connectivity index (χ3v) is 4.48. The number of hydrogen-bond donors (Lipinski definition) is 1. The van der Waals surface area contributed by atoms with Crippen molar-refractivity contribution in [1.82, 2.24) is 10.1 Å². The standard InChI is InChI=1S/C11H16N2O3S/c14-4-11(5-15-6-11)7-17-3-9-12-10(13-16-9)8-1-2-8/h8,14H,1-7H2. The first-order chi connectivity index (χ1) is 8.31. The average molecular weight is 256 g/mol. The summed E-state index contributed by atoms with van der Waals surface area (Å²) in [5.74, 6) is 3.71. The van der Waals surface area contributed by atoms with Gasteiger partial charge >= 0.3 is 0 Å².